The smallest absolute Gasteiger partial charge is 0.296 e. The zero-order valence-electron chi connectivity index (χ0n) is 28.3. The minimum atomic E-state index is -5.13. The molecule has 0 spiro atoms. The van der Waals surface area contributed by atoms with Gasteiger partial charge in [-0.05, 0) is 54.6 Å². The number of phenols is 1. The van der Waals surface area contributed by atoms with Crippen LogP contribution in [0.5, 0.6) is 5.75 Å². The Morgan fingerprint density at radius 2 is 1.30 bits per heavy atom. The summed E-state index contributed by atoms with van der Waals surface area (Å²) in [6.07, 6.45) is 0. The van der Waals surface area contributed by atoms with Crippen LogP contribution in [0.3, 0.4) is 0 Å². The zero-order chi connectivity index (χ0) is 41.6. The van der Waals surface area contributed by atoms with Crippen LogP contribution in [0.1, 0.15) is 0 Å². The summed E-state index contributed by atoms with van der Waals surface area (Å²) in [6.45, 7) is -0.816. The number of hydrogen-bond acceptors (Lipinski definition) is 26. The Balaban J connectivity index is 1.74. The molecule has 0 aliphatic rings. The first kappa shape index (κ1) is 46.1. The highest BCUT2D eigenvalue weighted by molar-refractivity contribution is 7.94. The van der Waals surface area contributed by atoms with Gasteiger partial charge in [0.25, 0.3) is 10.1 Å². The standard InChI is InChI=1S/C27H27N5O19S6/c1-28-22-8-6-19-20(25(22)31-29-16-3-2-4-17(13-16)55(37,38)11-9-44-53-50-47-35)15-23(52-49-46-34)26(27(19)33)32-30-21-7-5-18(14-24(21)57(41,42)43)56(39,40)12-10-45-54-51-48-36/h2-8,13-15,28,33-36H,9-12H2,1H3,(H,41,42,43)/b31-29+,32-30+. The molecule has 6 N–H and O–H groups in total. The molecule has 0 aliphatic carbocycles. The highest BCUT2D eigenvalue weighted by Gasteiger charge is 2.24. The van der Waals surface area contributed by atoms with Gasteiger partial charge in [0.2, 0.25) is 0 Å². The van der Waals surface area contributed by atoms with E-state index in [-0.39, 0.29) is 68.9 Å². The van der Waals surface area contributed by atoms with E-state index in [2.05, 4.69) is 53.9 Å². The topological polar surface area (TPSA) is 339 Å². The fraction of sp³-hybridized carbons (Fsp3) is 0.185. The van der Waals surface area contributed by atoms with Crippen LogP contribution in [0.15, 0.2) is 101 Å². The van der Waals surface area contributed by atoms with E-state index in [9.17, 15) is 34.9 Å². The Bertz CT molecular complexity index is 2420. The third-order valence-electron chi connectivity index (χ3n) is 6.98. The van der Waals surface area contributed by atoms with Gasteiger partial charge in [-0.25, -0.2) is 32.6 Å². The lowest BCUT2D eigenvalue weighted by molar-refractivity contribution is -0.434. The number of anilines is 1. The highest BCUT2D eigenvalue weighted by Crippen LogP contribution is 2.48. The first-order chi connectivity index (χ1) is 27.2. The average molecular weight is 918 g/mol. The van der Waals surface area contributed by atoms with Gasteiger partial charge in [0.1, 0.15) is 22.0 Å². The average Bonchev–Trinajstić information content (AvgIpc) is 3.18. The fourth-order valence-electron chi connectivity index (χ4n) is 4.51. The third-order valence-corrected chi connectivity index (χ3v) is 12.6. The minimum absolute atomic E-state index is 0.0729. The Morgan fingerprint density at radius 1 is 0.684 bits per heavy atom. The summed E-state index contributed by atoms with van der Waals surface area (Å²) in [5.41, 5.74) is -0.371. The molecule has 24 nitrogen and oxygen atoms in total. The maximum Gasteiger partial charge on any atom is 0.296 e. The van der Waals surface area contributed by atoms with Gasteiger partial charge in [-0.1, -0.05) is 21.2 Å². The van der Waals surface area contributed by atoms with Gasteiger partial charge >= 0.3 is 0 Å². The Hall–Kier alpha value is -3.64. The Kier molecular flexibility index (Phi) is 17.3. The van der Waals surface area contributed by atoms with Crippen LogP contribution >= 0.6 is 36.7 Å². The van der Waals surface area contributed by atoms with Crippen molar-refractivity contribution >= 4 is 106 Å². The summed E-state index contributed by atoms with van der Waals surface area (Å²) in [4.78, 5) is -1.77. The highest BCUT2D eigenvalue weighted by atomic mass is 32.2. The van der Waals surface area contributed by atoms with E-state index < -0.39 is 69.1 Å². The van der Waals surface area contributed by atoms with Crippen LogP contribution in [-0.4, -0.2) is 82.5 Å². The predicted octanol–water partition coefficient (Wildman–Crippen LogP) is 6.64. The van der Waals surface area contributed by atoms with E-state index in [1.807, 2.05) is 0 Å². The maximum absolute atomic E-state index is 12.8. The number of nitrogens with one attached hydrogen (secondary N) is 1. The number of sulfone groups is 2. The largest absolute Gasteiger partial charge is 0.505 e. The summed E-state index contributed by atoms with van der Waals surface area (Å²) in [7, 11) is -11.7. The molecule has 4 aromatic carbocycles. The van der Waals surface area contributed by atoms with Gasteiger partial charge in [-0.15, -0.1) is 28.3 Å². The van der Waals surface area contributed by atoms with E-state index in [0.29, 0.717) is 23.8 Å². The molecule has 4 aromatic rings. The van der Waals surface area contributed by atoms with E-state index in [1.165, 1.54) is 42.5 Å². The van der Waals surface area contributed by atoms with Crippen LogP contribution in [0.25, 0.3) is 10.8 Å². The third kappa shape index (κ3) is 12.7. The molecule has 0 amide bonds. The van der Waals surface area contributed by atoms with Crippen molar-refractivity contribution < 1.29 is 87.2 Å². The van der Waals surface area contributed by atoms with Crippen LogP contribution in [0.2, 0.25) is 0 Å². The minimum Gasteiger partial charge on any atom is -0.505 e. The molecular weight excluding hydrogens is 891 g/mol. The van der Waals surface area contributed by atoms with E-state index >= 15 is 0 Å². The van der Waals surface area contributed by atoms with E-state index in [4.69, 9.17) is 24.1 Å². The second-order valence-corrected chi connectivity index (χ2v) is 17.7. The molecule has 0 bridgehead atoms. The van der Waals surface area contributed by atoms with Crippen molar-refractivity contribution in [2.24, 2.45) is 20.5 Å². The molecule has 0 fully saturated rings. The molecule has 0 heterocycles. The molecule has 0 saturated carbocycles. The number of azo groups is 2. The molecule has 4 rings (SSSR count). The number of aromatic hydroxyl groups is 1. The quantitative estimate of drug-likeness (QED) is 0.0113. The van der Waals surface area contributed by atoms with Crippen LogP contribution in [0.4, 0.5) is 28.4 Å². The fourth-order valence-corrected chi connectivity index (χ4v) is 8.60. The molecule has 0 saturated heterocycles. The van der Waals surface area contributed by atoms with Crippen molar-refractivity contribution in [1.29, 1.82) is 0 Å². The molecule has 0 radical (unpaired) electrons. The van der Waals surface area contributed by atoms with Crippen molar-refractivity contribution in [3.8, 4) is 5.75 Å². The lowest BCUT2D eigenvalue weighted by atomic mass is 10.1. The summed E-state index contributed by atoms with van der Waals surface area (Å²) in [5, 5.41) is 66.3. The van der Waals surface area contributed by atoms with Gasteiger partial charge in [0, 0.05) is 17.8 Å². The number of benzene rings is 4. The molecule has 0 aromatic heterocycles. The number of hydrogen-bond donors (Lipinski definition) is 6. The van der Waals surface area contributed by atoms with Crippen molar-refractivity contribution in [1.82, 2.24) is 0 Å². The van der Waals surface area contributed by atoms with Gasteiger partial charge in [0.05, 0.1) is 62.8 Å². The summed E-state index contributed by atoms with van der Waals surface area (Å²) in [5.74, 6) is -1.76. The molecule has 0 atom stereocenters. The summed E-state index contributed by atoms with van der Waals surface area (Å²) >= 11 is 0.657. The lowest BCUT2D eigenvalue weighted by Crippen LogP contribution is -2.12. The van der Waals surface area contributed by atoms with Crippen molar-refractivity contribution in [3.05, 3.63) is 60.7 Å². The number of phenolic OH excluding ortho intramolecular Hbond substituents is 1. The molecule has 0 aliphatic heterocycles. The van der Waals surface area contributed by atoms with E-state index in [0.717, 1.165) is 12.1 Å². The van der Waals surface area contributed by atoms with Crippen molar-refractivity contribution in [2.45, 2.75) is 19.6 Å². The molecule has 310 valence electrons. The lowest BCUT2D eigenvalue weighted by Gasteiger charge is -2.13. The second-order valence-electron chi connectivity index (χ2n) is 10.3. The normalized spacial score (nSPS) is 12.6. The second kappa shape index (κ2) is 21.4. The SMILES string of the molecule is CNc1ccc2c(O)c(/N=N/c3ccc(S(=O)(=O)CCOSOOO)cc3S(=O)(=O)O)c(SOOO)cc2c1/N=N/c1cccc(S(=O)(=O)CCOSOOO)c1. The van der Waals surface area contributed by atoms with Gasteiger partial charge < -0.3 is 10.4 Å². The summed E-state index contributed by atoms with van der Waals surface area (Å²) in [6, 6.07) is 12.3. The van der Waals surface area contributed by atoms with Gasteiger partial charge in [-0.3, -0.25) is 12.9 Å². The van der Waals surface area contributed by atoms with Gasteiger partial charge in [-0.2, -0.15) is 13.5 Å². The van der Waals surface area contributed by atoms with Gasteiger partial charge in [0.15, 0.2) is 50.1 Å². The van der Waals surface area contributed by atoms with Crippen molar-refractivity contribution in [3.63, 3.8) is 0 Å². The molecule has 57 heavy (non-hydrogen) atoms. The monoisotopic (exact) mass is 917 g/mol. The Labute approximate surface area is 334 Å². The number of rotatable bonds is 23. The Morgan fingerprint density at radius 3 is 1.89 bits per heavy atom. The zero-order valence-corrected chi connectivity index (χ0v) is 33.2. The first-order valence-corrected chi connectivity index (χ1v) is 21.7. The number of nitrogens with zero attached hydrogens (tertiary/aromatic N) is 4. The summed E-state index contributed by atoms with van der Waals surface area (Å²) < 4.78 is 108. The van der Waals surface area contributed by atoms with Crippen LogP contribution in [-0.2, 0) is 66.3 Å². The molecular formula is C27H27N5O19S6. The molecule has 30 heteroatoms. The van der Waals surface area contributed by atoms with E-state index in [1.54, 1.807) is 7.05 Å². The van der Waals surface area contributed by atoms with Crippen molar-refractivity contribution in [2.75, 3.05) is 37.1 Å². The maximum atomic E-state index is 12.8. The molecule has 0 unspecified atom stereocenters. The predicted molar refractivity (Wildman–Crippen MR) is 198 cm³/mol. The first-order valence-electron chi connectivity index (χ1n) is 14.9. The van der Waals surface area contributed by atoms with Crippen LogP contribution < -0.4 is 5.32 Å². The van der Waals surface area contributed by atoms with Crippen LogP contribution in [0, 0.1) is 0 Å². The number of fused-ring (bicyclic) bond motifs is 1.